The Bertz CT molecular complexity index is 2200. The van der Waals surface area contributed by atoms with Crippen molar-refractivity contribution < 1.29 is 48.2 Å². The number of nitro groups is 1. The van der Waals surface area contributed by atoms with Crippen LogP contribution in [0.4, 0.5) is 16.2 Å². The van der Waals surface area contributed by atoms with Crippen LogP contribution in [0.25, 0.3) is 0 Å². The van der Waals surface area contributed by atoms with Crippen molar-refractivity contribution in [2.24, 2.45) is 17.6 Å². The van der Waals surface area contributed by atoms with E-state index >= 15 is 0 Å². The van der Waals surface area contributed by atoms with E-state index in [0.717, 1.165) is 43.5 Å². The Morgan fingerprint density at radius 1 is 0.984 bits per heavy atom. The third-order valence-electron chi connectivity index (χ3n) is 11.5. The minimum atomic E-state index is -1.06. The largest absolute Gasteiger partial charge is 0.439 e. The van der Waals surface area contributed by atoms with E-state index in [9.17, 15) is 39.2 Å². The quantitative estimate of drug-likeness (QED) is 0.118. The average molecular weight is 869 g/mol. The molecule has 1 saturated heterocycles. The fraction of sp³-hybridized carbons (Fsp3) is 0.413. The molecule has 17 heteroatoms. The minimum Gasteiger partial charge on any atom is -0.439 e. The maximum atomic E-state index is 14.2. The van der Waals surface area contributed by atoms with Crippen LogP contribution in [0.1, 0.15) is 56.5 Å². The second-order valence-corrected chi connectivity index (χ2v) is 16.1. The molecule has 6 atom stereocenters. The summed E-state index contributed by atoms with van der Waals surface area (Å²) in [4.78, 5) is 82.0. The number of nitrogens with zero attached hydrogens (tertiary/aromatic N) is 3. The molecule has 5 N–H and O–H groups in total. The summed E-state index contributed by atoms with van der Waals surface area (Å²) in [6.07, 6.45) is 2.82. The number of nitrogens with one attached hydrogen (secondary N) is 2. The second kappa shape index (κ2) is 21.7. The van der Waals surface area contributed by atoms with Gasteiger partial charge in [0, 0.05) is 93.5 Å². The van der Waals surface area contributed by atoms with Gasteiger partial charge in [0.25, 0.3) is 17.5 Å². The number of methoxy groups -OCH3 is 2. The van der Waals surface area contributed by atoms with Gasteiger partial charge in [0.15, 0.2) is 6.10 Å². The number of fused-ring (bicyclic) bond motifs is 2. The molecule has 3 amide bonds. The number of hydrogen-bond acceptors (Lipinski definition) is 13. The van der Waals surface area contributed by atoms with E-state index in [1.807, 2.05) is 19.1 Å². The smallest absolute Gasteiger partial charge is 0.405 e. The van der Waals surface area contributed by atoms with Crippen molar-refractivity contribution in [1.29, 1.82) is 0 Å². The zero-order valence-electron chi connectivity index (χ0n) is 36.4. The number of benzene rings is 2. The molecule has 0 saturated carbocycles. The number of nitrogens with two attached hydrogens (primary N) is 1. The van der Waals surface area contributed by atoms with Crippen LogP contribution >= 0.6 is 0 Å². The number of rotatable bonds is 9. The van der Waals surface area contributed by atoms with Crippen molar-refractivity contribution in [2.75, 3.05) is 45.3 Å². The van der Waals surface area contributed by atoms with Gasteiger partial charge in [0.1, 0.15) is 6.10 Å². The van der Waals surface area contributed by atoms with Crippen molar-refractivity contribution in [3.63, 3.8) is 0 Å². The molecule has 17 nitrogen and oxygen atoms in total. The third-order valence-corrected chi connectivity index (χ3v) is 11.5. The van der Waals surface area contributed by atoms with Gasteiger partial charge in [0.2, 0.25) is 11.6 Å². The molecule has 1 fully saturated rings. The molecular formula is C46H56N6O11. The summed E-state index contributed by atoms with van der Waals surface area (Å²) in [5.74, 6) is -3.52. The van der Waals surface area contributed by atoms with Crippen LogP contribution in [0.5, 0.6) is 0 Å². The molecule has 0 unspecified atom stereocenters. The fourth-order valence-electron chi connectivity index (χ4n) is 7.88. The number of carbonyl (C=O) groups excluding carboxylic acids is 5. The first-order valence-corrected chi connectivity index (χ1v) is 20.7. The Morgan fingerprint density at radius 2 is 1.65 bits per heavy atom. The maximum absolute atomic E-state index is 14.2. The number of primary amides is 1. The molecule has 2 aromatic carbocycles. The number of ketones is 2. The highest BCUT2D eigenvalue weighted by Gasteiger charge is 2.34. The third kappa shape index (κ3) is 12.4. The number of aliphatic hydroxyl groups excluding tert-OH is 1. The summed E-state index contributed by atoms with van der Waals surface area (Å²) in [5, 5.41) is 27.7. The van der Waals surface area contributed by atoms with Gasteiger partial charge in [-0.25, -0.2) is 4.79 Å². The van der Waals surface area contributed by atoms with Gasteiger partial charge in [-0.15, -0.1) is 0 Å². The van der Waals surface area contributed by atoms with Gasteiger partial charge in [-0.3, -0.25) is 34.2 Å². The molecule has 0 spiro atoms. The van der Waals surface area contributed by atoms with E-state index in [4.69, 9.17) is 19.9 Å². The lowest BCUT2D eigenvalue weighted by Crippen LogP contribution is -2.45. The van der Waals surface area contributed by atoms with Crippen molar-refractivity contribution in [3.05, 3.63) is 128 Å². The van der Waals surface area contributed by atoms with Gasteiger partial charge in [-0.05, 0) is 68.0 Å². The number of Topliss-reactive ketones (excluding diaryl/α,β-unsaturated/α-hetero) is 1. The number of anilines is 1. The summed E-state index contributed by atoms with van der Waals surface area (Å²) in [6, 6.07) is 13.5. The molecule has 336 valence electrons. The predicted octanol–water partition coefficient (Wildman–Crippen LogP) is 4.42. The number of piperazine rings is 1. The van der Waals surface area contributed by atoms with E-state index in [1.165, 1.54) is 45.4 Å². The molecule has 2 aliphatic heterocycles. The number of allylic oxidation sites excluding steroid dienone is 4. The van der Waals surface area contributed by atoms with Gasteiger partial charge in [-0.1, -0.05) is 50.3 Å². The number of ether oxygens (including phenoxy) is 3. The van der Waals surface area contributed by atoms with Gasteiger partial charge >= 0.3 is 6.09 Å². The summed E-state index contributed by atoms with van der Waals surface area (Å²) in [7, 11) is 2.86. The Balaban J connectivity index is 1.35. The highest BCUT2D eigenvalue weighted by atomic mass is 16.6. The average Bonchev–Trinajstić information content (AvgIpc) is 3.26. The van der Waals surface area contributed by atoms with Crippen molar-refractivity contribution in [2.45, 2.75) is 71.5 Å². The van der Waals surface area contributed by atoms with Crippen LogP contribution in [0.2, 0.25) is 0 Å². The topological polar surface area (TPSA) is 233 Å². The van der Waals surface area contributed by atoms with Crippen molar-refractivity contribution >= 4 is 40.8 Å². The number of nitro benzene ring substituents is 1. The molecule has 1 aliphatic carbocycles. The van der Waals surface area contributed by atoms with Gasteiger partial charge < -0.3 is 40.6 Å². The number of amides is 3. The van der Waals surface area contributed by atoms with Crippen LogP contribution in [-0.4, -0.2) is 109 Å². The Morgan fingerprint density at radius 3 is 2.25 bits per heavy atom. The van der Waals surface area contributed by atoms with E-state index in [-0.39, 0.29) is 52.6 Å². The summed E-state index contributed by atoms with van der Waals surface area (Å²) in [6.45, 7) is 10.4. The van der Waals surface area contributed by atoms with Gasteiger partial charge in [-0.2, -0.15) is 0 Å². The summed E-state index contributed by atoms with van der Waals surface area (Å²) in [5.41, 5.74) is 7.82. The molecule has 3 aliphatic rings. The molecule has 0 aromatic heterocycles. The molecule has 5 rings (SSSR count). The Kier molecular flexibility index (Phi) is 16.4. The predicted molar refractivity (Wildman–Crippen MR) is 234 cm³/mol. The van der Waals surface area contributed by atoms with E-state index in [0.29, 0.717) is 12.1 Å². The fourth-order valence-corrected chi connectivity index (χ4v) is 7.88. The Labute approximate surface area is 366 Å². The second-order valence-electron chi connectivity index (χ2n) is 16.1. The highest BCUT2D eigenvalue weighted by Crippen LogP contribution is 2.29. The van der Waals surface area contributed by atoms with E-state index in [2.05, 4.69) is 20.4 Å². The van der Waals surface area contributed by atoms with E-state index in [1.54, 1.807) is 50.3 Å². The molecular weight excluding hydrogens is 813 g/mol. The minimum absolute atomic E-state index is 0.00917. The summed E-state index contributed by atoms with van der Waals surface area (Å²) >= 11 is 0. The summed E-state index contributed by atoms with van der Waals surface area (Å²) < 4.78 is 16.7. The van der Waals surface area contributed by atoms with Crippen LogP contribution in [0.15, 0.2) is 107 Å². The van der Waals surface area contributed by atoms with Crippen LogP contribution in [-0.2, 0) is 35.1 Å². The molecule has 63 heavy (non-hydrogen) atoms. The number of aliphatic hydroxyl groups is 1. The van der Waals surface area contributed by atoms with Crippen molar-refractivity contribution in [1.82, 2.24) is 15.5 Å². The van der Waals surface area contributed by atoms with Crippen LogP contribution in [0.3, 0.4) is 0 Å². The standard InChI is InChI=1S/C46H56N6O11/c1-27-22-35-40(49-45(57)32-12-10-31(11-13-32)26-50-18-20-51(21-19-50)33-14-16-34(17-15-33)52(59)60)37(53)25-36(42(35)55)48-44(56)28(2)8-7-9-38(61-5)43(63-46(47)58)30(4)24-29(3)41(54)39(23-27)62-6/h7-17,24-25,27,29,38-39,41,43,54H,18-23,26H2,1-6H3,(H2,47,58)(H,48,56)(H,49,57)/b9-7-,28-8-,30-24-/t27-,29+,38-,39-,41+,43-/m1/s1. The number of carbonyl (C=O) groups is 5. The molecule has 2 bridgehead atoms. The molecule has 2 aromatic rings. The van der Waals surface area contributed by atoms with Gasteiger partial charge in [0.05, 0.1) is 28.5 Å². The highest BCUT2D eigenvalue weighted by molar-refractivity contribution is 6.24. The lowest BCUT2D eigenvalue weighted by atomic mass is 9.85. The van der Waals surface area contributed by atoms with Crippen LogP contribution in [0, 0.1) is 22.0 Å². The monoisotopic (exact) mass is 868 g/mol. The maximum Gasteiger partial charge on any atom is 0.405 e. The number of hydrogen-bond donors (Lipinski definition) is 4. The zero-order valence-corrected chi connectivity index (χ0v) is 36.4. The zero-order chi connectivity index (χ0) is 46.0. The first-order chi connectivity index (χ1) is 30.0. The lowest BCUT2D eigenvalue weighted by molar-refractivity contribution is -0.384. The first-order valence-electron chi connectivity index (χ1n) is 20.7. The van der Waals surface area contributed by atoms with E-state index < -0.39 is 64.7 Å². The van der Waals surface area contributed by atoms with Crippen molar-refractivity contribution in [3.8, 4) is 0 Å². The number of non-ortho nitro benzene ring substituents is 1. The molecule has 2 heterocycles. The Hall–Kier alpha value is -6.27. The SMILES string of the molecule is CO[C@@H]1/C=C\C=C(\C)C(=O)NC2=CC(=O)C(NC(=O)c3ccc(CN4CCN(c5ccc([N+](=O)[O-])cc5)CC4)cc3)=C(C[C@@H](C)C[C@@H](OC)[C@@H](O)[C@@H](C)/C=C(/C)[C@H]1OC(N)=O)C2=O. The lowest BCUT2D eigenvalue weighted by Gasteiger charge is -2.36. The first kappa shape index (κ1) is 47.8. The molecule has 0 radical (unpaired) electrons. The normalized spacial score (nSPS) is 26.7. The van der Waals surface area contributed by atoms with Crippen LogP contribution < -0.4 is 21.3 Å².